The first kappa shape index (κ1) is 91.1. The van der Waals surface area contributed by atoms with Crippen LogP contribution in [0.25, 0.3) is 33.4 Å². The van der Waals surface area contributed by atoms with Gasteiger partial charge < -0.3 is 119 Å². The molecule has 120 heavy (non-hydrogen) atoms. The Morgan fingerprint density at radius 1 is 0.458 bits per heavy atom. The quantitative estimate of drug-likeness (QED) is 0.0137. The molecule has 5 heterocycles. The van der Waals surface area contributed by atoms with Crippen molar-refractivity contribution in [2.45, 2.75) is 131 Å². The monoisotopic (exact) mass is 1680 g/mol. The second kappa shape index (κ2) is 43.5. The van der Waals surface area contributed by atoms with Crippen LogP contribution in [-0.4, -0.2) is 266 Å². The van der Waals surface area contributed by atoms with Gasteiger partial charge in [0.2, 0.25) is 64.4 Å². The molecule has 638 valence electrons. The Hall–Kier alpha value is -14.4. The van der Waals surface area contributed by atoms with E-state index in [1.807, 2.05) is 74.1 Å². The predicted octanol–water partition coefficient (Wildman–Crippen LogP) is -2.60. The summed E-state index contributed by atoms with van der Waals surface area (Å²) in [7, 11) is 7.45. The highest BCUT2D eigenvalue weighted by atomic mass is 32.2. The second-order valence-electron chi connectivity index (χ2n) is 27.7. The Labute approximate surface area is 684 Å². The minimum absolute atomic E-state index is 0.0669. The van der Waals surface area contributed by atoms with Gasteiger partial charge in [-0.25, -0.2) is 34.1 Å². The van der Waals surface area contributed by atoms with E-state index in [1.165, 1.54) is 62.2 Å². The average molecular weight is 1690 g/mol. The second-order valence-corrected chi connectivity index (χ2v) is 28.7. The first-order valence-electron chi connectivity index (χ1n) is 37.0. The zero-order valence-electron chi connectivity index (χ0n) is 64.9. The van der Waals surface area contributed by atoms with Crippen LogP contribution in [-0.2, 0) is 97.6 Å². The Balaban J connectivity index is 0.988. The average Bonchev–Trinajstić information content (AvgIpc) is 0.807. The van der Waals surface area contributed by atoms with Gasteiger partial charge in [0.05, 0.1) is 72.0 Å². The van der Waals surface area contributed by atoms with E-state index in [0.29, 0.717) is 33.4 Å². The largest absolute Gasteiger partial charge is 0.481 e. The lowest BCUT2D eigenvalue weighted by Gasteiger charge is -2.28. The molecule has 0 radical (unpaired) electrons. The van der Waals surface area contributed by atoms with Crippen LogP contribution in [0.2, 0.25) is 0 Å². The van der Waals surface area contributed by atoms with Gasteiger partial charge in [-0.1, -0.05) is 6.07 Å². The third kappa shape index (κ3) is 27.1. The van der Waals surface area contributed by atoms with Crippen LogP contribution in [0, 0.1) is 0 Å². The number of carbonyl (C=O) groups is 16. The number of nitrogens with one attached hydrogen (secondary N) is 14. The van der Waals surface area contributed by atoms with E-state index in [-0.39, 0.29) is 39.8 Å². The summed E-state index contributed by atoms with van der Waals surface area (Å²) in [5.41, 5.74) is 8.73. The Bertz CT molecular complexity index is 5070. The number of aromatic nitrogens is 8. The molecule has 8 rings (SSSR count). The normalized spacial score (nSPS) is 13.3. The number of thioether (sulfide) groups is 1. The topological polar surface area (TPSA) is 675 Å². The van der Waals surface area contributed by atoms with Gasteiger partial charge in [-0.2, -0.15) is 0 Å². The number of hydrogen-bond acceptors (Lipinski definition) is 24. The standard InChI is InChI=1S/C75H89N21O23S/c1-95(2)42-6-9-45-57(24-42)119-58-25-43(96(3)4)7-10-46(58)65(45)44-8-5-37(19-47(44)74(115)116)85-60(98)32-120-31-56(86-59(97)26-76)73(114)94-54(22-40-29-79-35-83-40)71(112)89-49(12-16-62(101)102)67(108)92-52(20-38-27-77-33-81-38)69(110)87-48(11-15-61(99)100)66(107)91-53(21-39-28-78-34-82-39)70(111)88-50(13-17-63(103)104)68(109)93-55(23-41-30-80-36-84-41)72(113)90-51(75(117)118)14-18-64(105)106/h5-10,19,24-25,27-30,33-36,48-56H,11-18,20-23,26,31-32,76H2,1-4H3,(H19,77,78,79,80,81,82,83,84,86,87,88,89,90,91,92,93,94,97,99,100,101,102,103,104,105,106,107,108,109,110,111,112,113,114,115,116,117,118)/p+1/t48-,49-,50-,51-,52-,53-,54-,55-,56-/m0/s1. The molecule has 45 heteroatoms. The predicted molar refractivity (Wildman–Crippen MR) is 423 cm³/mol. The molecular weight excluding hydrogens is 1600 g/mol. The fraction of sp³-hybridized carbons (Fsp3) is 0.373. The smallest absolute Gasteiger partial charge is 0.336 e. The van der Waals surface area contributed by atoms with Gasteiger partial charge in [0, 0.05) is 136 Å². The van der Waals surface area contributed by atoms with Gasteiger partial charge in [0.1, 0.15) is 79.8 Å². The molecular formula is C75H90N21O23S+. The highest BCUT2D eigenvalue weighted by Gasteiger charge is 2.38. The number of rotatable bonds is 47. The lowest BCUT2D eigenvalue weighted by atomic mass is 9.90. The van der Waals surface area contributed by atoms with Crippen LogP contribution in [0.1, 0.15) is 84.5 Å². The molecule has 0 bridgehead atoms. The minimum Gasteiger partial charge on any atom is -0.481 e. The summed E-state index contributed by atoms with van der Waals surface area (Å²) < 4.78 is 8.31. The maximum absolute atomic E-state index is 14.8. The molecule has 0 saturated carbocycles. The molecule has 0 fully saturated rings. The number of aromatic amines is 4. The molecule has 2 aromatic carbocycles. The highest BCUT2D eigenvalue weighted by molar-refractivity contribution is 8.00. The molecule has 0 unspecified atom stereocenters. The molecule has 9 atom stereocenters. The summed E-state index contributed by atoms with van der Waals surface area (Å²) in [6.07, 6.45) is 2.18. The fourth-order valence-corrected chi connectivity index (χ4v) is 13.1. The zero-order chi connectivity index (χ0) is 87.4. The van der Waals surface area contributed by atoms with Crippen LogP contribution in [0.3, 0.4) is 0 Å². The first-order valence-corrected chi connectivity index (χ1v) is 38.2. The number of anilines is 2. The Kier molecular flexibility index (Phi) is 33.1. The highest BCUT2D eigenvalue weighted by Crippen LogP contribution is 2.43. The number of imidazole rings is 4. The van der Waals surface area contributed by atoms with Crippen molar-refractivity contribution < 1.29 is 112 Å². The molecule has 2 aliphatic rings. The number of carboxylic acids is 6. The van der Waals surface area contributed by atoms with Crippen LogP contribution in [0.4, 0.5) is 11.4 Å². The molecule has 1 aliphatic heterocycles. The van der Waals surface area contributed by atoms with E-state index in [2.05, 4.69) is 93.0 Å². The summed E-state index contributed by atoms with van der Waals surface area (Å²) in [6.45, 7) is -0.637. The number of fused-ring (bicyclic) bond motifs is 2. The number of nitrogens with two attached hydrogens (primary N) is 1. The van der Waals surface area contributed by atoms with Crippen molar-refractivity contribution in [3.63, 3.8) is 0 Å². The van der Waals surface area contributed by atoms with Gasteiger partial charge in [0.25, 0.3) is 0 Å². The molecule has 22 N–H and O–H groups in total. The first-order chi connectivity index (χ1) is 57.1. The van der Waals surface area contributed by atoms with Crippen molar-refractivity contribution in [2.24, 2.45) is 5.73 Å². The van der Waals surface area contributed by atoms with Crippen LogP contribution in [0.15, 0.2) is 109 Å². The summed E-state index contributed by atoms with van der Waals surface area (Å²) in [5.74, 6) is -20.3. The number of benzene rings is 3. The lowest BCUT2D eigenvalue weighted by Crippen LogP contribution is -2.61. The van der Waals surface area contributed by atoms with E-state index in [9.17, 15) is 107 Å². The van der Waals surface area contributed by atoms with E-state index in [0.717, 1.165) is 22.8 Å². The molecule has 4 aromatic heterocycles. The lowest BCUT2D eigenvalue weighted by molar-refractivity contribution is -0.143. The SMILES string of the molecule is CN(C)c1ccc2c(-c3ccc(NC(=O)CSC[C@H](NC(=O)CN)C(=O)N[C@@H](Cc4c[nH]cn4)C(=O)N[C@@H](CCC(=O)O)C(=O)N[C@@H](Cc4c[nH]cn4)C(=O)N[C@@H](CCC(=O)O)C(=O)N[C@@H](Cc4c[nH]cn4)C(=O)N[C@@H](CCC(=O)O)C(=O)N[C@@H](Cc4c[nH]cn4)C(=O)N[C@@H](CCC(=O)O)C(=O)O)cc3C(=O)O)c3ccc(=[N+](C)C)cc-3oc2c1. The third-order valence-corrected chi connectivity index (χ3v) is 19.4. The van der Waals surface area contributed by atoms with Crippen molar-refractivity contribution in [2.75, 3.05) is 56.5 Å². The van der Waals surface area contributed by atoms with Gasteiger partial charge in [-0.3, -0.25) is 67.1 Å². The number of carbonyl (C=O) groups excluding carboxylic acids is 10. The summed E-state index contributed by atoms with van der Waals surface area (Å²) in [6, 6.07) is -0.800. The number of H-pyrrole nitrogens is 4. The molecule has 0 spiro atoms. The van der Waals surface area contributed by atoms with Crippen molar-refractivity contribution in [1.29, 1.82) is 0 Å². The number of aromatic carboxylic acids is 1. The van der Waals surface area contributed by atoms with E-state index in [1.54, 1.807) is 6.07 Å². The van der Waals surface area contributed by atoms with Gasteiger partial charge in [-0.05, 0) is 61.6 Å². The number of carboxylic acid groups (broad SMARTS) is 6. The fourth-order valence-electron chi connectivity index (χ4n) is 12.2. The van der Waals surface area contributed by atoms with Crippen LogP contribution >= 0.6 is 11.8 Å². The van der Waals surface area contributed by atoms with Crippen LogP contribution in [0.5, 0.6) is 0 Å². The number of amides is 10. The number of aliphatic carboxylic acids is 5. The Morgan fingerprint density at radius 2 is 0.842 bits per heavy atom. The van der Waals surface area contributed by atoms with Crippen molar-refractivity contribution in [3.05, 3.63) is 138 Å². The van der Waals surface area contributed by atoms with E-state index in [4.69, 9.17) is 10.2 Å². The van der Waals surface area contributed by atoms with Gasteiger partial charge >= 0.3 is 35.8 Å². The van der Waals surface area contributed by atoms with E-state index < -0.39 is 239 Å². The van der Waals surface area contributed by atoms with Crippen molar-refractivity contribution >= 4 is 129 Å². The van der Waals surface area contributed by atoms with Gasteiger partial charge in [0.15, 0.2) is 0 Å². The molecule has 10 amide bonds. The van der Waals surface area contributed by atoms with Crippen molar-refractivity contribution in [1.82, 2.24) is 92.3 Å². The third-order valence-electron chi connectivity index (χ3n) is 18.4. The summed E-state index contributed by atoms with van der Waals surface area (Å²) >= 11 is 0.830. The molecule has 44 nitrogen and oxygen atoms in total. The summed E-state index contributed by atoms with van der Waals surface area (Å²) in [4.78, 5) is 244. The molecule has 1 aliphatic carbocycles. The Morgan fingerprint density at radius 3 is 1.21 bits per heavy atom. The molecule has 6 aromatic rings. The zero-order valence-corrected chi connectivity index (χ0v) is 65.7. The van der Waals surface area contributed by atoms with Crippen molar-refractivity contribution in [3.8, 4) is 22.5 Å². The minimum atomic E-state index is -1.95. The number of nitrogens with zero attached hydrogens (tertiary/aromatic N) is 6. The maximum atomic E-state index is 14.8. The summed E-state index contributed by atoms with van der Waals surface area (Å²) in [5, 5.41) is 84.8. The maximum Gasteiger partial charge on any atom is 0.336 e. The van der Waals surface area contributed by atoms with Crippen LogP contribution < -0.4 is 73.7 Å². The van der Waals surface area contributed by atoms with Gasteiger partial charge in [-0.15, -0.1) is 11.8 Å². The number of hydrogen-bond donors (Lipinski definition) is 21. The molecule has 0 saturated heterocycles. The van der Waals surface area contributed by atoms with E-state index >= 15 is 0 Å².